The van der Waals surface area contributed by atoms with Crippen LogP contribution in [0.1, 0.15) is 12.8 Å². The molecule has 0 heterocycles. The summed E-state index contributed by atoms with van der Waals surface area (Å²) in [6.07, 6.45) is 1.30. The first-order valence-corrected chi connectivity index (χ1v) is 5.66. The fourth-order valence-electron chi connectivity index (χ4n) is 0.373. The highest BCUT2D eigenvalue weighted by Gasteiger charge is 1.92. The average Bonchev–Trinajstić information content (AvgIpc) is 1.63. The summed E-state index contributed by atoms with van der Waals surface area (Å²) in [6, 6.07) is 0. The number of halogens is 1. The highest BCUT2D eigenvalue weighted by atomic mass is 127. The molecule has 0 aromatic carbocycles. The summed E-state index contributed by atoms with van der Waals surface area (Å²) in [5, 5.41) is 0. The first-order chi connectivity index (χ1) is 4.06. The van der Waals surface area contributed by atoms with E-state index in [1.165, 1.54) is 0 Å². The van der Waals surface area contributed by atoms with Crippen LogP contribution in [0.5, 0.6) is 0 Å². The lowest BCUT2D eigenvalue weighted by molar-refractivity contribution is 0.461. The molecular formula is C4H8IO3S-. The van der Waals surface area contributed by atoms with Crippen molar-refractivity contribution < 1.29 is 13.0 Å². The van der Waals surface area contributed by atoms with Gasteiger partial charge in [0.25, 0.3) is 0 Å². The van der Waals surface area contributed by atoms with Crippen molar-refractivity contribution >= 4 is 32.7 Å². The fourth-order valence-corrected chi connectivity index (χ4v) is 1.47. The van der Waals surface area contributed by atoms with Crippen molar-refractivity contribution in [3.63, 3.8) is 0 Å². The lowest BCUT2D eigenvalue weighted by Gasteiger charge is -2.03. The molecule has 5 heteroatoms. The summed E-state index contributed by atoms with van der Waals surface area (Å²) in [6.45, 7) is 0. The normalized spacial score (nSPS) is 11.8. The van der Waals surface area contributed by atoms with Crippen molar-refractivity contribution in [1.82, 2.24) is 0 Å². The molecule has 0 N–H and O–H groups in total. The van der Waals surface area contributed by atoms with Crippen LogP contribution < -0.4 is 0 Å². The van der Waals surface area contributed by atoms with Crippen LogP contribution in [0.3, 0.4) is 0 Å². The maximum Gasteiger partial charge on any atom is 0.0945 e. The topological polar surface area (TPSA) is 57.2 Å². The predicted molar refractivity (Wildman–Crippen MR) is 42.7 cm³/mol. The molecule has 0 atom stereocenters. The molecule has 0 aromatic rings. The third-order valence-corrected chi connectivity index (χ3v) is 2.33. The average molecular weight is 263 g/mol. The quantitative estimate of drug-likeness (QED) is 0.325. The second kappa shape index (κ2) is 4.45. The van der Waals surface area contributed by atoms with Gasteiger partial charge in [0.05, 0.1) is 10.1 Å². The zero-order valence-electron chi connectivity index (χ0n) is 4.84. The Kier molecular flexibility index (Phi) is 4.77. The molecule has 0 saturated heterocycles. The van der Waals surface area contributed by atoms with E-state index in [4.69, 9.17) is 0 Å². The number of hydrogen-bond donors (Lipinski definition) is 0. The van der Waals surface area contributed by atoms with Gasteiger partial charge in [-0.25, -0.2) is 8.42 Å². The van der Waals surface area contributed by atoms with E-state index in [2.05, 4.69) is 22.6 Å². The third kappa shape index (κ3) is 8.64. The van der Waals surface area contributed by atoms with Crippen LogP contribution in [0.4, 0.5) is 0 Å². The first-order valence-electron chi connectivity index (χ1n) is 2.56. The molecule has 0 aliphatic carbocycles. The van der Waals surface area contributed by atoms with Gasteiger partial charge in [-0.3, -0.25) is 0 Å². The highest BCUT2D eigenvalue weighted by Crippen LogP contribution is 1.96. The van der Waals surface area contributed by atoms with Gasteiger partial charge in [-0.2, -0.15) is 0 Å². The van der Waals surface area contributed by atoms with Crippen LogP contribution in [-0.2, 0) is 10.1 Å². The molecule has 0 aromatic heterocycles. The van der Waals surface area contributed by atoms with Gasteiger partial charge in [-0.15, -0.1) is 0 Å². The third-order valence-electron chi connectivity index (χ3n) is 0.778. The largest absolute Gasteiger partial charge is 0.748 e. The van der Waals surface area contributed by atoms with Crippen LogP contribution in [0.15, 0.2) is 0 Å². The lowest BCUT2D eigenvalue weighted by Crippen LogP contribution is -2.03. The Morgan fingerprint density at radius 3 is 2.22 bits per heavy atom. The van der Waals surface area contributed by atoms with Crippen LogP contribution in [0.2, 0.25) is 0 Å². The van der Waals surface area contributed by atoms with Gasteiger partial charge in [0.2, 0.25) is 0 Å². The smallest absolute Gasteiger partial charge is 0.0945 e. The maximum atomic E-state index is 9.95. The minimum Gasteiger partial charge on any atom is -0.748 e. The molecule has 3 nitrogen and oxygen atoms in total. The Morgan fingerprint density at radius 2 is 1.89 bits per heavy atom. The van der Waals surface area contributed by atoms with E-state index in [1.807, 2.05) is 0 Å². The molecule has 0 aliphatic heterocycles. The summed E-state index contributed by atoms with van der Waals surface area (Å²) in [7, 11) is -3.95. The van der Waals surface area contributed by atoms with Gasteiger partial charge in [-0.1, -0.05) is 22.6 Å². The molecule has 0 spiro atoms. The molecule has 0 unspecified atom stereocenters. The van der Waals surface area contributed by atoms with E-state index in [1.54, 1.807) is 0 Å². The Balaban J connectivity index is 3.30. The SMILES string of the molecule is O=S(=O)([O-])CCCCI. The zero-order valence-corrected chi connectivity index (χ0v) is 7.81. The van der Waals surface area contributed by atoms with E-state index >= 15 is 0 Å². The fraction of sp³-hybridized carbons (Fsp3) is 1.00. The minimum atomic E-state index is -3.95. The van der Waals surface area contributed by atoms with Crippen molar-refractivity contribution in [2.24, 2.45) is 0 Å². The predicted octanol–water partition coefficient (Wildman–Crippen LogP) is 0.747. The summed E-state index contributed by atoms with van der Waals surface area (Å²) >= 11 is 2.14. The van der Waals surface area contributed by atoms with E-state index < -0.39 is 10.1 Å². The molecule has 0 saturated carbocycles. The number of unbranched alkanes of at least 4 members (excludes halogenated alkanes) is 1. The Bertz CT molecular complexity index is 151. The number of rotatable bonds is 4. The van der Waals surface area contributed by atoms with Gasteiger partial charge in [0.1, 0.15) is 0 Å². The van der Waals surface area contributed by atoms with Crippen molar-refractivity contribution in [2.75, 3.05) is 10.2 Å². The Hall–Kier alpha value is 0.640. The van der Waals surface area contributed by atoms with Gasteiger partial charge in [-0.05, 0) is 17.3 Å². The molecule has 0 radical (unpaired) electrons. The van der Waals surface area contributed by atoms with Crippen molar-refractivity contribution in [2.45, 2.75) is 12.8 Å². The summed E-state index contributed by atoms with van der Waals surface area (Å²) < 4.78 is 30.8. The molecule has 0 bridgehead atoms. The minimum absolute atomic E-state index is 0.212. The lowest BCUT2D eigenvalue weighted by atomic mass is 10.4. The Morgan fingerprint density at radius 1 is 1.33 bits per heavy atom. The van der Waals surface area contributed by atoms with E-state index in [0.29, 0.717) is 6.42 Å². The number of hydrogen-bond acceptors (Lipinski definition) is 3. The van der Waals surface area contributed by atoms with Crippen molar-refractivity contribution in [3.8, 4) is 0 Å². The summed E-state index contributed by atoms with van der Waals surface area (Å²) in [4.78, 5) is 0. The molecular weight excluding hydrogens is 255 g/mol. The van der Waals surface area contributed by atoms with Gasteiger partial charge in [0, 0.05) is 5.75 Å². The maximum absolute atomic E-state index is 9.95. The monoisotopic (exact) mass is 263 g/mol. The van der Waals surface area contributed by atoms with Crippen molar-refractivity contribution in [1.29, 1.82) is 0 Å². The van der Waals surface area contributed by atoms with E-state index in [9.17, 15) is 13.0 Å². The molecule has 0 amide bonds. The Labute approximate surface area is 68.7 Å². The van der Waals surface area contributed by atoms with Crippen LogP contribution in [0, 0.1) is 0 Å². The molecule has 0 aliphatic rings. The number of alkyl halides is 1. The second-order valence-corrected chi connectivity index (χ2v) is 4.26. The first kappa shape index (κ1) is 9.64. The molecule has 56 valence electrons. The molecule has 0 rings (SSSR count). The van der Waals surface area contributed by atoms with E-state index in [0.717, 1.165) is 10.8 Å². The van der Waals surface area contributed by atoms with Gasteiger partial charge < -0.3 is 4.55 Å². The van der Waals surface area contributed by atoms with Gasteiger partial charge >= 0.3 is 0 Å². The standard InChI is InChI=1S/C4H9IO3S/c5-3-1-2-4-9(6,7)8/h1-4H2,(H,6,7,8)/p-1. The van der Waals surface area contributed by atoms with Crippen LogP contribution in [0.25, 0.3) is 0 Å². The summed E-state index contributed by atoms with van der Waals surface area (Å²) in [5.41, 5.74) is 0. The molecule has 0 fully saturated rings. The van der Waals surface area contributed by atoms with Gasteiger partial charge in [0.15, 0.2) is 0 Å². The van der Waals surface area contributed by atoms with Crippen molar-refractivity contribution in [3.05, 3.63) is 0 Å². The summed E-state index contributed by atoms with van der Waals surface area (Å²) in [5.74, 6) is -0.212. The second-order valence-electron chi connectivity index (χ2n) is 1.66. The molecule has 9 heavy (non-hydrogen) atoms. The highest BCUT2D eigenvalue weighted by molar-refractivity contribution is 14.1. The van der Waals surface area contributed by atoms with Crippen LogP contribution in [-0.4, -0.2) is 23.2 Å². The zero-order chi connectivity index (χ0) is 7.33. The van der Waals surface area contributed by atoms with Crippen LogP contribution >= 0.6 is 22.6 Å². The van der Waals surface area contributed by atoms with E-state index in [-0.39, 0.29) is 5.75 Å².